The zero-order valence-corrected chi connectivity index (χ0v) is 8.94. The molecule has 1 aromatic heterocycles. The fourth-order valence-corrected chi connectivity index (χ4v) is 1.48. The Labute approximate surface area is 89.7 Å². The van der Waals surface area contributed by atoms with Gasteiger partial charge in [-0.15, -0.1) is 0 Å². The summed E-state index contributed by atoms with van der Waals surface area (Å²) in [5, 5.41) is 0. The standard InChI is InChI=1S/C11H17N3O/c1-2-9(7-12)10(15)5-8-3-4-14-11(13)6-8/h3-4,6,9H,2,5,7,12H2,1H3,(H2,13,14). The van der Waals surface area contributed by atoms with Crippen LogP contribution in [0.4, 0.5) is 5.82 Å². The molecule has 0 amide bonds. The maximum Gasteiger partial charge on any atom is 0.141 e. The van der Waals surface area contributed by atoms with Crippen molar-refractivity contribution in [3.05, 3.63) is 23.9 Å². The predicted octanol–water partition coefficient (Wildman–Crippen LogP) is 0.760. The number of ketones is 1. The summed E-state index contributed by atoms with van der Waals surface area (Å²) in [5.74, 6) is 0.575. The van der Waals surface area contributed by atoms with E-state index in [0.29, 0.717) is 18.8 Å². The van der Waals surface area contributed by atoms with Crippen molar-refractivity contribution in [2.24, 2.45) is 11.7 Å². The second kappa shape index (κ2) is 5.46. The molecule has 1 heterocycles. The molecule has 4 N–H and O–H groups in total. The molecule has 4 nitrogen and oxygen atoms in total. The molecule has 1 unspecified atom stereocenters. The fraction of sp³-hybridized carbons (Fsp3) is 0.455. The van der Waals surface area contributed by atoms with Crippen LogP contribution < -0.4 is 11.5 Å². The number of rotatable bonds is 5. The van der Waals surface area contributed by atoms with Gasteiger partial charge in [0, 0.05) is 25.1 Å². The molecule has 0 radical (unpaired) electrons. The van der Waals surface area contributed by atoms with Gasteiger partial charge in [-0.25, -0.2) is 4.98 Å². The average Bonchev–Trinajstić information content (AvgIpc) is 2.19. The second-order valence-corrected chi connectivity index (χ2v) is 3.57. The molecule has 0 saturated heterocycles. The van der Waals surface area contributed by atoms with Gasteiger partial charge in [0.25, 0.3) is 0 Å². The first-order valence-electron chi connectivity index (χ1n) is 5.10. The molecule has 1 rings (SSSR count). The maximum atomic E-state index is 11.7. The van der Waals surface area contributed by atoms with Gasteiger partial charge < -0.3 is 11.5 Å². The SMILES string of the molecule is CCC(CN)C(=O)Cc1ccnc(N)c1. The van der Waals surface area contributed by atoms with Crippen LogP contribution in [0.5, 0.6) is 0 Å². The molecule has 0 bridgehead atoms. The highest BCUT2D eigenvalue weighted by Gasteiger charge is 2.14. The highest BCUT2D eigenvalue weighted by atomic mass is 16.1. The summed E-state index contributed by atoms with van der Waals surface area (Å²) < 4.78 is 0. The van der Waals surface area contributed by atoms with Gasteiger partial charge in [0.2, 0.25) is 0 Å². The first-order chi connectivity index (χ1) is 7.17. The third-order valence-electron chi connectivity index (χ3n) is 2.46. The smallest absolute Gasteiger partial charge is 0.141 e. The van der Waals surface area contributed by atoms with Crippen molar-refractivity contribution < 1.29 is 4.79 Å². The Morgan fingerprint density at radius 3 is 2.87 bits per heavy atom. The summed E-state index contributed by atoms with van der Waals surface area (Å²) in [6, 6.07) is 3.53. The van der Waals surface area contributed by atoms with Crippen LogP contribution in [0.15, 0.2) is 18.3 Å². The summed E-state index contributed by atoms with van der Waals surface area (Å²) in [4.78, 5) is 15.6. The van der Waals surface area contributed by atoms with Crippen molar-refractivity contribution in [2.45, 2.75) is 19.8 Å². The first kappa shape index (κ1) is 11.7. The van der Waals surface area contributed by atoms with E-state index in [2.05, 4.69) is 4.98 Å². The summed E-state index contributed by atoms with van der Waals surface area (Å²) in [6.45, 7) is 2.38. The van der Waals surface area contributed by atoms with Gasteiger partial charge in [0.1, 0.15) is 11.6 Å². The molecule has 0 fully saturated rings. The van der Waals surface area contributed by atoms with Gasteiger partial charge in [-0.2, -0.15) is 0 Å². The normalized spacial score (nSPS) is 12.4. The van der Waals surface area contributed by atoms with E-state index in [9.17, 15) is 4.79 Å². The number of nitrogens with two attached hydrogens (primary N) is 2. The molecule has 0 aliphatic heterocycles. The van der Waals surface area contributed by atoms with Crippen molar-refractivity contribution in [3.8, 4) is 0 Å². The van der Waals surface area contributed by atoms with E-state index in [-0.39, 0.29) is 11.7 Å². The molecule has 15 heavy (non-hydrogen) atoms. The van der Waals surface area contributed by atoms with Crippen molar-refractivity contribution in [2.75, 3.05) is 12.3 Å². The number of carbonyl (C=O) groups excluding carboxylic acids is 1. The molecule has 0 spiro atoms. The zero-order chi connectivity index (χ0) is 11.3. The molecule has 82 valence electrons. The van der Waals surface area contributed by atoms with Crippen LogP contribution >= 0.6 is 0 Å². The highest BCUT2D eigenvalue weighted by Crippen LogP contribution is 2.09. The van der Waals surface area contributed by atoms with E-state index in [1.807, 2.05) is 6.92 Å². The first-order valence-corrected chi connectivity index (χ1v) is 5.10. The zero-order valence-electron chi connectivity index (χ0n) is 8.94. The van der Waals surface area contributed by atoms with Crippen LogP contribution in [0.2, 0.25) is 0 Å². The molecular formula is C11H17N3O. The number of nitrogen functional groups attached to an aromatic ring is 1. The number of nitrogens with zero attached hydrogens (tertiary/aromatic N) is 1. The Bertz CT molecular complexity index is 334. The lowest BCUT2D eigenvalue weighted by molar-refractivity contribution is -0.122. The minimum atomic E-state index is -0.0422. The van der Waals surface area contributed by atoms with Crippen LogP contribution in [0, 0.1) is 5.92 Å². The van der Waals surface area contributed by atoms with E-state index < -0.39 is 0 Å². The second-order valence-electron chi connectivity index (χ2n) is 3.57. The Morgan fingerprint density at radius 2 is 2.33 bits per heavy atom. The average molecular weight is 207 g/mol. The van der Waals surface area contributed by atoms with Crippen LogP contribution in [-0.2, 0) is 11.2 Å². The summed E-state index contributed by atoms with van der Waals surface area (Å²) in [7, 11) is 0. The molecule has 4 heteroatoms. The monoisotopic (exact) mass is 207 g/mol. The number of hydrogen-bond donors (Lipinski definition) is 2. The number of pyridine rings is 1. The Balaban J connectivity index is 2.65. The van der Waals surface area contributed by atoms with Crippen molar-refractivity contribution >= 4 is 11.6 Å². The Hall–Kier alpha value is -1.42. The maximum absolute atomic E-state index is 11.7. The number of anilines is 1. The fourth-order valence-electron chi connectivity index (χ4n) is 1.48. The third-order valence-corrected chi connectivity index (χ3v) is 2.46. The van der Waals surface area contributed by atoms with Gasteiger partial charge in [-0.3, -0.25) is 4.79 Å². The van der Waals surface area contributed by atoms with Gasteiger partial charge in [0.15, 0.2) is 0 Å². The molecule has 0 saturated carbocycles. The van der Waals surface area contributed by atoms with Crippen molar-refractivity contribution in [1.82, 2.24) is 4.98 Å². The van der Waals surface area contributed by atoms with Crippen LogP contribution in [-0.4, -0.2) is 17.3 Å². The van der Waals surface area contributed by atoms with E-state index in [0.717, 1.165) is 12.0 Å². The Kier molecular flexibility index (Phi) is 4.24. The minimum Gasteiger partial charge on any atom is -0.384 e. The lowest BCUT2D eigenvalue weighted by Gasteiger charge is -2.10. The molecule has 0 aliphatic rings. The number of hydrogen-bond acceptors (Lipinski definition) is 4. The lowest BCUT2D eigenvalue weighted by atomic mass is 9.96. The van der Waals surface area contributed by atoms with Gasteiger partial charge >= 0.3 is 0 Å². The van der Waals surface area contributed by atoms with Gasteiger partial charge in [-0.05, 0) is 24.1 Å². The highest BCUT2D eigenvalue weighted by molar-refractivity contribution is 5.83. The van der Waals surface area contributed by atoms with Crippen molar-refractivity contribution in [1.29, 1.82) is 0 Å². The quantitative estimate of drug-likeness (QED) is 0.746. The van der Waals surface area contributed by atoms with Crippen LogP contribution in [0.3, 0.4) is 0 Å². The number of Topliss-reactive ketones (excluding diaryl/α,β-unsaturated/α-hetero) is 1. The summed E-state index contributed by atoms with van der Waals surface area (Å²) >= 11 is 0. The molecule has 0 aromatic carbocycles. The largest absolute Gasteiger partial charge is 0.384 e. The van der Waals surface area contributed by atoms with Crippen molar-refractivity contribution in [3.63, 3.8) is 0 Å². The predicted molar refractivity (Wildman–Crippen MR) is 60.2 cm³/mol. The lowest BCUT2D eigenvalue weighted by Crippen LogP contribution is -2.24. The van der Waals surface area contributed by atoms with Gasteiger partial charge in [-0.1, -0.05) is 6.92 Å². The van der Waals surface area contributed by atoms with Crippen LogP contribution in [0.1, 0.15) is 18.9 Å². The molecule has 0 aliphatic carbocycles. The topological polar surface area (TPSA) is 82.0 Å². The summed E-state index contributed by atoms with van der Waals surface area (Å²) in [6.07, 6.45) is 2.79. The van der Waals surface area contributed by atoms with E-state index in [4.69, 9.17) is 11.5 Å². The van der Waals surface area contributed by atoms with E-state index in [1.54, 1.807) is 18.3 Å². The number of carbonyl (C=O) groups is 1. The Morgan fingerprint density at radius 1 is 1.60 bits per heavy atom. The van der Waals surface area contributed by atoms with E-state index >= 15 is 0 Å². The summed E-state index contributed by atoms with van der Waals surface area (Å²) in [5.41, 5.74) is 11.9. The third kappa shape index (κ3) is 3.32. The van der Waals surface area contributed by atoms with Gasteiger partial charge in [0.05, 0.1) is 0 Å². The van der Waals surface area contributed by atoms with E-state index in [1.165, 1.54) is 0 Å². The molecule has 1 aromatic rings. The van der Waals surface area contributed by atoms with Crippen LogP contribution in [0.25, 0.3) is 0 Å². The number of aromatic nitrogens is 1. The molecule has 1 atom stereocenters. The minimum absolute atomic E-state index is 0.0422. The molecular weight excluding hydrogens is 190 g/mol.